The van der Waals surface area contributed by atoms with Gasteiger partial charge in [-0.15, -0.1) is 23.1 Å². The van der Waals surface area contributed by atoms with Gasteiger partial charge in [0.1, 0.15) is 0 Å². The molecule has 2 N–H and O–H groups in total. The predicted molar refractivity (Wildman–Crippen MR) is 71.9 cm³/mol. The molecule has 2 nitrogen and oxygen atoms in total. The molecule has 2 heterocycles. The largest absolute Gasteiger partial charge is 0.397 e. The number of anilines is 1. The van der Waals surface area contributed by atoms with Gasteiger partial charge in [-0.05, 0) is 24.6 Å². The molecule has 0 saturated carbocycles. The molecule has 4 heteroatoms. The fourth-order valence-corrected chi connectivity index (χ4v) is 3.30. The van der Waals surface area contributed by atoms with E-state index in [2.05, 4.69) is 24.0 Å². The van der Waals surface area contributed by atoms with Crippen LogP contribution in [0.4, 0.5) is 5.69 Å². The minimum atomic E-state index is 0.764. The Morgan fingerprint density at radius 2 is 2.12 bits per heavy atom. The first-order valence-electron chi connectivity index (χ1n) is 5.19. The van der Waals surface area contributed by atoms with Crippen molar-refractivity contribution < 1.29 is 0 Å². The average Bonchev–Trinajstić information content (AvgIpc) is 2.76. The normalized spacial score (nSPS) is 10.6. The van der Waals surface area contributed by atoms with Gasteiger partial charge in [-0.25, -0.2) is 0 Å². The van der Waals surface area contributed by atoms with E-state index in [1.54, 1.807) is 24.2 Å². The first-order chi connectivity index (χ1) is 7.79. The molecule has 0 bridgehead atoms. The Labute approximate surface area is 104 Å². The quantitative estimate of drug-likeness (QED) is 0.843. The van der Waals surface area contributed by atoms with E-state index in [-0.39, 0.29) is 0 Å². The highest BCUT2D eigenvalue weighted by molar-refractivity contribution is 7.98. The van der Waals surface area contributed by atoms with Crippen LogP contribution in [0.15, 0.2) is 35.5 Å². The molecule has 2 aromatic rings. The van der Waals surface area contributed by atoms with Gasteiger partial charge in [-0.2, -0.15) is 0 Å². The highest BCUT2D eigenvalue weighted by Gasteiger charge is 2.02. The lowest BCUT2D eigenvalue weighted by Gasteiger charge is -2.02. The molecule has 0 saturated heterocycles. The standard InChI is InChI=1S/C12H14N2S2/c1-2-9-3-4-10(16-9)8-15-12-5-6-14-7-11(12)13/h3-7H,2,8,13H2,1H3. The number of rotatable bonds is 4. The minimum Gasteiger partial charge on any atom is -0.397 e. The Morgan fingerprint density at radius 3 is 2.81 bits per heavy atom. The van der Waals surface area contributed by atoms with Crippen molar-refractivity contribution in [3.63, 3.8) is 0 Å². The van der Waals surface area contributed by atoms with Gasteiger partial charge in [0.05, 0.1) is 11.9 Å². The third kappa shape index (κ3) is 2.77. The molecule has 0 spiro atoms. The number of nitrogens with two attached hydrogens (primary N) is 1. The van der Waals surface area contributed by atoms with Crippen LogP contribution in [0.5, 0.6) is 0 Å². The van der Waals surface area contributed by atoms with Crippen LogP contribution >= 0.6 is 23.1 Å². The van der Waals surface area contributed by atoms with Gasteiger partial charge in [0.2, 0.25) is 0 Å². The zero-order chi connectivity index (χ0) is 11.4. The minimum absolute atomic E-state index is 0.764. The molecule has 2 aromatic heterocycles. The Bertz CT molecular complexity index is 466. The second-order valence-corrected chi connectivity index (χ2v) is 5.69. The maximum Gasteiger partial charge on any atom is 0.0638 e. The number of aromatic nitrogens is 1. The summed E-state index contributed by atoms with van der Waals surface area (Å²) in [7, 11) is 0. The van der Waals surface area contributed by atoms with Crippen LogP contribution in [0.25, 0.3) is 0 Å². The summed E-state index contributed by atoms with van der Waals surface area (Å²) in [6, 6.07) is 6.37. The van der Waals surface area contributed by atoms with E-state index >= 15 is 0 Å². The van der Waals surface area contributed by atoms with E-state index in [0.29, 0.717) is 0 Å². The highest BCUT2D eigenvalue weighted by atomic mass is 32.2. The first-order valence-corrected chi connectivity index (χ1v) is 6.99. The number of thiophene rings is 1. The summed E-state index contributed by atoms with van der Waals surface area (Å²) in [5.41, 5.74) is 6.60. The monoisotopic (exact) mass is 250 g/mol. The Hall–Kier alpha value is -1.00. The average molecular weight is 250 g/mol. The molecular formula is C12H14N2S2. The molecule has 0 radical (unpaired) electrons. The first kappa shape index (κ1) is 11.5. The fourth-order valence-electron chi connectivity index (χ4n) is 1.36. The number of nitrogens with zero attached hydrogens (tertiary/aromatic N) is 1. The van der Waals surface area contributed by atoms with Crippen molar-refractivity contribution in [3.05, 3.63) is 40.3 Å². The van der Waals surface area contributed by atoms with Gasteiger partial charge in [-0.1, -0.05) is 6.92 Å². The lowest BCUT2D eigenvalue weighted by Crippen LogP contribution is -1.89. The van der Waals surface area contributed by atoms with Crippen molar-refractivity contribution in [1.29, 1.82) is 0 Å². The zero-order valence-corrected chi connectivity index (χ0v) is 10.8. The topological polar surface area (TPSA) is 38.9 Å². The molecule has 2 rings (SSSR count). The van der Waals surface area contributed by atoms with Crippen LogP contribution in [-0.2, 0) is 12.2 Å². The van der Waals surface area contributed by atoms with Gasteiger partial charge in [-0.3, -0.25) is 4.98 Å². The third-order valence-corrected chi connectivity index (χ3v) is 4.80. The molecule has 84 valence electrons. The molecule has 0 unspecified atom stereocenters. The van der Waals surface area contributed by atoms with Gasteiger partial charge >= 0.3 is 0 Å². The summed E-state index contributed by atoms with van der Waals surface area (Å²) in [6.45, 7) is 2.18. The van der Waals surface area contributed by atoms with Crippen LogP contribution in [0.3, 0.4) is 0 Å². The molecule has 0 fully saturated rings. The van der Waals surface area contributed by atoms with Crippen molar-refractivity contribution >= 4 is 28.8 Å². The van der Waals surface area contributed by atoms with Crippen molar-refractivity contribution in [1.82, 2.24) is 4.98 Å². The molecule has 0 aliphatic heterocycles. The molecule has 16 heavy (non-hydrogen) atoms. The number of nitrogen functional groups attached to an aromatic ring is 1. The van der Waals surface area contributed by atoms with E-state index in [0.717, 1.165) is 22.8 Å². The molecule has 0 aromatic carbocycles. The van der Waals surface area contributed by atoms with Gasteiger partial charge in [0.15, 0.2) is 0 Å². The van der Waals surface area contributed by atoms with Gasteiger partial charge in [0.25, 0.3) is 0 Å². The predicted octanol–water partition coefficient (Wildman–Crippen LogP) is 3.58. The van der Waals surface area contributed by atoms with Crippen molar-refractivity contribution in [2.24, 2.45) is 0 Å². The van der Waals surface area contributed by atoms with Crippen LogP contribution in [0.2, 0.25) is 0 Å². The molecule has 0 amide bonds. The van der Waals surface area contributed by atoms with Crippen molar-refractivity contribution in [3.8, 4) is 0 Å². The van der Waals surface area contributed by atoms with Crippen LogP contribution < -0.4 is 5.73 Å². The summed E-state index contributed by atoms with van der Waals surface area (Å²) in [6.07, 6.45) is 4.60. The summed E-state index contributed by atoms with van der Waals surface area (Å²) in [4.78, 5) is 7.94. The van der Waals surface area contributed by atoms with Crippen LogP contribution in [-0.4, -0.2) is 4.98 Å². The molecule has 0 aliphatic rings. The molecular weight excluding hydrogens is 236 g/mol. The number of aryl methyl sites for hydroxylation is 1. The van der Waals surface area contributed by atoms with Crippen molar-refractivity contribution in [2.45, 2.75) is 24.0 Å². The Kier molecular flexibility index (Phi) is 3.85. The summed E-state index contributed by atoms with van der Waals surface area (Å²) < 4.78 is 0. The number of pyridine rings is 1. The summed E-state index contributed by atoms with van der Waals surface area (Å²) >= 11 is 3.65. The number of hydrogen-bond acceptors (Lipinski definition) is 4. The van der Waals surface area contributed by atoms with E-state index in [1.807, 2.05) is 17.4 Å². The second-order valence-electron chi connectivity index (χ2n) is 3.42. The summed E-state index contributed by atoms with van der Waals surface area (Å²) in [5.74, 6) is 0.985. The lowest BCUT2D eigenvalue weighted by atomic mass is 10.4. The van der Waals surface area contributed by atoms with Gasteiger partial charge < -0.3 is 5.73 Å². The third-order valence-electron chi connectivity index (χ3n) is 2.25. The Morgan fingerprint density at radius 1 is 1.31 bits per heavy atom. The highest BCUT2D eigenvalue weighted by Crippen LogP contribution is 2.29. The number of thioether (sulfide) groups is 1. The molecule has 0 atom stereocenters. The molecule has 0 aliphatic carbocycles. The van der Waals surface area contributed by atoms with Crippen LogP contribution in [0.1, 0.15) is 16.7 Å². The SMILES string of the molecule is CCc1ccc(CSc2ccncc2N)s1. The smallest absolute Gasteiger partial charge is 0.0638 e. The van der Waals surface area contributed by atoms with E-state index in [1.165, 1.54) is 9.75 Å². The van der Waals surface area contributed by atoms with Gasteiger partial charge in [0, 0.05) is 26.6 Å². The van der Waals surface area contributed by atoms with E-state index in [9.17, 15) is 0 Å². The Balaban J connectivity index is 1.99. The number of hydrogen-bond donors (Lipinski definition) is 1. The lowest BCUT2D eigenvalue weighted by molar-refractivity contribution is 1.19. The maximum absolute atomic E-state index is 5.84. The van der Waals surface area contributed by atoms with E-state index < -0.39 is 0 Å². The van der Waals surface area contributed by atoms with Crippen molar-refractivity contribution in [2.75, 3.05) is 5.73 Å². The zero-order valence-electron chi connectivity index (χ0n) is 9.14. The second kappa shape index (κ2) is 5.37. The van der Waals surface area contributed by atoms with Crippen LogP contribution in [0, 0.1) is 0 Å². The summed E-state index contributed by atoms with van der Waals surface area (Å²) in [5, 5.41) is 0. The fraction of sp³-hybridized carbons (Fsp3) is 0.250. The van der Waals surface area contributed by atoms with E-state index in [4.69, 9.17) is 5.73 Å². The maximum atomic E-state index is 5.84.